The van der Waals surface area contributed by atoms with Crippen molar-refractivity contribution >= 4 is 18.0 Å². The number of carboxylic acid groups (broad SMARTS) is 1. The maximum atomic E-state index is 11.9. The number of carbonyl (C=O) groups excluding carboxylic acids is 2. The predicted molar refractivity (Wildman–Crippen MR) is 88.7 cm³/mol. The van der Waals surface area contributed by atoms with E-state index in [1.54, 1.807) is 0 Å². The lowest BCUT2D eigenvalue weighted by Gasteiger charge is -2.33. The summed E-state index contributed by atoms with van der Waals surface area (Å²) in [6.45, 7) is 3.01. The number of nitrogens with one attached hydrogen (secondary N) is 1. The van der Waals surface area contributed by atoms with Gasteiger partial charge in [0.05, 0.1) is 0 Å². The van der Waals surface area contributed by atoms with Crippen LogP contribution in [0.25, 0.3) is 0 Å². The predicted octanol–water partition coefficient (Wildman–Crippen LogP) is 2.49. The molecule has 1 aliphatic heterocycles. The van der Waals surface area contributed by atoms with Gasteiger partial charge in [-0.2, -0.15) is 0 Å². The Balaban J connectivity index is 1.89. The third-order valence-corrected chi connectivity index (χ3v) is 3.96. The molecule has 0 saturated carbocycles. The molecule has 1 aliphatic rings. The highest BCUT2D eigenvalue weighted by Gasteiger charge is 2.42. The summed E-state index contributed by atoms with van der Waals surface area (Å²) in [5.74, 6) is -3.36. The number of amides is 1. The van der Waals surface area contributed by atoms with Gasteiger partial charge < -0.3 is 19.9 Å². The molecule has 0 aliphatic carbocycles. The van der Waals surface area contributed by atoms with Crippen LogP contribution in [-0.2, 0) is 25.5 Å². The summed E-state index contributed by atoms with van der Waals surface area (Å²) in [5, 5.41) is 11.5. The fourth-order valence-corrected chi connectivity index (χ4v) is 2.85. The number of esters is 2. The van der Waals surface area contributed by atoms with Crippen LogP contribution >= 0.6 is 0 Å². The largest absolute Gasteiger partial charge is 0.465 e. The third kappa shape index (κ3) is 5.77. The standard InChI is InChI=1S/C18H23NO6/c1-18(2)24-15(20)14(16(21)25-18)10-6-9-13(19-17(22)23)11-12-7-4-3-5-8-12/h3-5,7-8,13-14,19H,6,9-11H2,1-2H3,(H,22,23)/t13-/m1/s1. The van der Waals surface area contributed by atoms with Crippen LogP contribution in [0.15, 0.2) is 30.3 Å². The number of carbonyl (C=O) groups is 3. The number of rotatable bonds is 7. The van der Waals surface area contributed by atoms with E-state index in [0.717, 1.165) is 5.56 Å². The fourth-order valence-electron chi connectivity index (χ4n) is 2.85. The molecule has 25 heavy (non-hydrogen) atoms. The number of hydrogen-bond donors (Lipinski definition) is 2. The maximum absolute atomic E-state index is 11.9. The van der Waals surface area contributed by atoms with Gasteiger partial charge in [-0.3, -0.25) is 9.59 Å². The number of cyclic esters (lactones) is 2. The van der Waals surface area contributed by atoms with Gasteiger partial charge in [-0.05, 0) is 31.2 Å². The number of ether oxygens (including phenoxy) is 2. The molecule has 1 amide bonds. The fraction of sp³-hybridized carbons (Fsp3) is 0.500. The maximum Gasteiger partial charge on any atom is 0.404 e. The van der Waals surface area contributed by atoms with E-state index in [9.17, 15) is 14.4 Å². The molecule has 1 aromatic rings. The van der Waals surface area contributed by atoms with Crippen molar-refractivity contribution in [2.24, 2.45) is 5.92 Å². The van der Waals surface area contributed by atoms with E-state index in [2.05, 4.69) is 5.32 Å². The summed E-state index contributed by atoms with van der Waals surface area (Å²) < 4.78 is 10.2. The van der Waals surface area contributed by atoms with Crippen molar-refractivity contribution < 1.29 is 29.0 Å². The van der Waals surface area contributed by atoms with E-state index in [-0.39, 0.29) is 12.5 Å². The molecule has 1 heterocycles. The second kappa shape index (κ2) is 8.00. The van der Waals surface area contributed by atoms with Gasteiger partial charge in [-0.15, -0.1) is 0 Å². The van der Waals surface area contributed by atoms with Crippen molar-refractivity contribution in [2.75, 3.05) is 0 Å². The van der Waals surface area contributed by atoms with Gasteiger partial charge in [-0.25, -0.2) is 4.79 Å². The Morgan fingerprint density at radius 1 is 1.20 bits per heavy atom. The summed E-state index contributed by atoms with van der Waals surface area (Å²) >= 11 is 0. The van der Waals surface area contributed by atoms with Crippen LogP contribution in [0.1, 0.15) is 38.7 Å². The average molecular weight is 349 g/mol. The quantitative estimate of drug-likeness (QED) is 0.579. The molecule has 0 aromatic heterocycles. The van der Waals surface area contributed by atoms with E-state index < -0.39 is 29.7 Å². The van der Waals surface area contributed by atoms with Crippen LogP contribution in [0.4, 0.5) is 4.79 Å². The highest BCUT2D eigenvalue weighted by molar-refractivity contribution is 5.96. The zero-order valence-electron chi connectivity index (χ0n) is 14.4. The summed E-state index contributed by atoms with van der Waals surface area (Å²) in [6.07, 6.45) is 0.702. The zero-order chi connectivity index (χ0) is 18.4. The highest BCUT2D eigenvalue weighted by atomic mass is 16.7. The Hall–Kier alpha value is -2.57. The van der Waals surface area contributed by atoms with Crippen LogP contribution in [0, 0.1) is 5.92 Å². The molecular formula is C18H23NO6. The lowest BCUT2D eigenvalue weighted by Crippen LogP contribution is -2.46. The Kier molecular flexibility index (Phi) is 6.01. The van der Waals surface area contributed by atoms with Gasteiger partial charge >= 0.3 is 18.0 Å². The molecule has 7 nitrogen and oxygen atoms in total. The molecule has 0 radical (unpaired) electrons. The van der Waals surface area contributed by atoms with Crippen molar-refractivity contribution in [3.63, 3.8) is 0 Å². The van der Waals surface area contributed by atoms with E-state index in [1.165, 1.54) is 13.8 Å². The smallest absolute Gasteiger partial charge is 0.404 e. The summed E-state index contributed by atoms with van der Waals surface area (Å²) in [5.41, 5.74) is 1.01. The molecule has 7 heteroatoms. The minimum atomic E-state index is -1.23. The molecule has 0 bridgehead atoms. The van der Waals surface area contributed by atoms with Crippen LogP contribution < -0.4 is 5.32 Å². The summed E-state index contributed by atoms with van der Waals surface area (Å²) in [7, 11) is 0. The van der Waals surface area contributed by atoms with Gasteiger partial charge in [0.2, 0.25) is 0 Å². The lowest BCUT2D eigenvalue weighted by molar-refractivity contribution is -0.240. The van der Waals surface area contributed by atoms with Crippen molar-refractivity contribution in [2.45, 2.75) is 51.4 Å². The van der Waals surface area contributed by atoms with Crippen molar-refractivity contribution in [3.05, 3.63) is 35.9 Å². The van der Waals surface area contributed by atoms with Crippen LogP contribution in [-0.4, -0.2) is 35.0 Å². The molecule has 2 N–H and O–H groups in total. The zero-order valence-corrected chi connectivity index (χ0v) is 14.4. The first kappa shape index (κ1) is 18.8. The van der Waals surface area contributed by atoms with Crippen molar-refractivity contribution in [3.8, 4) is 0 Å². The van der Waals surface area contributed by atoms with Crippen LogP contribution in [0.5, 0.6) is 0 Å². The Bertz CT molecular complexity index is 608. The topological polar surface area (TPSA) is 102 Å². The first-order valence-electron chi connectivity index (χ1n) is 8.26. The molecule has 1 aromatic carbocycles. The average Bonchev–Trinajstić information content (AvgIpc) is 2.49. The lowest BCUT2D eigenvalue weighted by atomic mass is 9.96. The Morgan fingerprint density at radius 2 is 1.80 bits per heavy atom. The van der Waals surface area contributed by atoms with Gasteiger partial charge in [0.1, 0.15) is 0 Å². The molecule has 1 saturated heterocycles. The first-order valence-corrected chi connectivity index (χ1v) is 8.26. The minimum absolute atomic E-state index is 0.264. The third-order valence-electron chi connectivity index (χ3n) is 3.96. The molecule has 2 rings (SSSR count). The Labute approximate surface area is 146 Å². The minimum Gasteiger partial charge on any atom is -0.465 e. The molecule has 136 valence electrons. The van der Waals surface area contributed by atoms with E-state index in [0.29, 0.717) is 19.3 Å². The molecule has 1 atom stereocenters. The first-order chi connectivity index (χ1) is 11.8. The molecule has 0 unspecified atom stereocenters. The molecule has 0 spiro atoms. The summed E-state index contributed by atoms with van der Waals surface area (Å²) in [6, 6.07) is 9.23. The number of hydrogen-bond acceptors (Lipinski definition) is 5. The van der Waals surface area contributed by atoms with Crippen molar-refractivity contribution in [1.29, 1.82) is 0 Å². The van der Waals surface area contributed by atoms with Crippen LogP contribution in [0.2, 0.25) is 0 Å². The monoisotopic (exact) mass is 349 g/mol. The van der Waals surface area contributed by atoms with Crippen molar-refractivity contribution in [1.82, 2.24) is 5.32 Å². The normalized spacial score (nSPS) is 18.2. The van der Waals surface area contributed by atoms with Crippen LogP contribution in [0.3, 0.4) is 0 Å². The Morgan fingerprint density at radius 3 is 2.36 bits per heavy atom. The SMILES string of the molecule is CC1(C)OC(=O)C(CCC[C@H](Cc2ccccc2)NC(=O)O)C(=O)O1. The van der Waals surface area contributed by atoms with E-state index >= 15 is 0 Å². The molecule has 1 fully saturated rings. The number of benzene rings is 1. The second-order valence-corrected chi connectivity index (χ2v) is 6.56. The highest BCUT2D eigenvalue weighted by Crippen LogP contribution is 2.26. The second-order valence-electron chi connectivity index (χ2n) is 6.56. The van der Waals surface area contributed by atoms with Gasteiger partial charge in [0.15, 0.2) is 5.92 Å². The van der Waals surface area contributed by atoms with Gasteiger partial charge in [-0.1, -0.05) is 30.3 Å². The van der Waals surface area contributed by atoms with E-state index in [4.69, 9.17) is 14.6 Å². The van der Waals surface area contributed by atoms with Gasteiger partial charge in [0.25, 0.3) is 5.79 Å². The summed E-state index contributed by atoms with van der Waals surface area (Å²) in [4.78, 5) is 34.8. The molecular weight excluding hydrogens is 326 g/mol. The van der Waals surface area contributed by atoms with Gasteiger partial charge in [0, 0.05) is 19.9 Å². The van der Waals surface area contributed by atoms with E-state index in [1.807, 2.05) is 30.3 Å².